The van der Waals surface area contributed by atoms with Crippen molar-refractivity contribution in [1.82, 2.24) is 19.5 Å². The van der Waals surface area contributed by atoms with E-state index in [2.05, 4.69) is 21.7 Å². The molecular weight excluding hydrogens is 354 g/mol. The molecule has 1 aliphatic rings. The highest BCUT2D eigenvalue weighted by Gasteiger charge is 2.23. The number of pyridine rings is 1. The van der Waals surface area contributed by atoms with Gasteiger partial charge in [0.05, 0.1) is 11.4 Å². The number of hydrogen-bond acceptors (Lipinski definition) is 6. The van der Waals surface area contributed by atoms with Crippen LogP contribution in [0.2, 0.25) is 0 Å². The predicted molar refractivity (Wildman–Crippen MR) is 110 cm³/mol. The number of anilines is 1. The lowest BCUT2D eigenvalue weighted by atomic mass is 10.0. The summed E-state index contributed by atoms with van der Waals surface area (Å²) < 4.78 is 13.6. The quantitative estimate of drug-likeness (QED) is 0.649. The van der Waals surface area contributed by atoms with E-state index >= 15 is 0 Å². The molecular formula is C21H25N5O2. The number of fused-ring (bicyclic) bond motifs is 1. The van der Waals surface area contributed by atoms with Crippen molar-refractivity contribution in [2.75, 3.05) is 39.4 Å². The molecule has 3 aromatic rings. The van der Waals surface area contributed by atoms with Crippen LogP contribution in [0.15, 0.2) is 36.5 Å². The van der Waals surface area contributed by atoms with E-state index in [4.69, 9.17) is 14.5 Å². The second kappa shape index (κ2) is 7.16. The van der Waals surface area contributed by atoms with Crippen molar-refractivity contribution >= 4 is 5.95 Å². The van der Waals surface area contributed by atoms with Gasteiger partial charge in [-0.15, -0.1) is 0 Å². The van der Waals surface area contributed by atoms with Gasteiger partial charge in [0, 0.05) is 51.2 Å². The molecule has 0 unspecified atom stereocenters. The van der Waals surface area contributed by atoms with Crippen molar-refractivity contribution in [3.63, 3.8) is 0 Å². The van der Waals surface area contributed by atoms with Crippen LogP contribution in [0.1, 0.15) is 5.69 Å². The molecule has 0 saturated heterocycles. The minimum absolute atomic E-state index is 0.562. The van der Waals surface area contributed by atoms with Crippen molar-refractivity contribution in [3.8, 4) is 34.0 Å². The van der Waals surface area contributed by atoms with Crippen LogP contribution >= 0.6 is 0 Å². The fraction of sp³-hybridized carbons (Fsp3) is 0.333. The maximum absolute atomic E-state index is 5.80. The van der Waals surface area contributed by atoms with Gasteiger partial charge in [-0.05, 0) is 37.3 Å². The lowest BCUT2D eigenvalue weighted by molar-refractivity contribution is 0.171. The second-order valence-electron chi connectivity index (χ2n) is 7.08. The predicted octanol–water partition coefficient (Wildman–Crippen LogP) is 3.14. The Balaban J connectivity index is 1.92. The summed E-state index contributed by atoms with van der Waals surface area (Å²) in [5, 5.41) is 4.01. The van der Waals surface area contributed by atoms with Crippen molar-refractivity contribution in [2.45, 2.75) is 6.92 Å². The Bertz CT molecular complexity index is 1010. The molecule has 1 aliphatic heterocycles. The van der Waals surface area contributed by atoms with E-state index in [1.54, 1.807) is 0 Å². The molecule has 0 bridgehead atoms. The molecule has 3 heterocycles. The molecule has 0 fully saturated rings. The average molecular weight is 379 g/mol. The molecule has 0 N–H and O–H groups in total. The third kappa shape index (κ3) is 3.18. The van der Waals surface area contributed by atoms with Crippen molar-refractivity contribution < 1.29 is 9.47 Å². The number of hydrazine groups is 1. The number of ether oxygens (including phenoxy) is 2. The molecule has 1 aromatic carbocycles. The first-order valence-corrected chi connectivity index (χ1v) is 9.26. The third-order valence-corrected chi connectivity index (χ3v) is 4.95. The zero-order chi connectivity index (χ0) is 19.8. The van der Waals surface area contributed by atoms with E-state index in [9.17, 15) is 0 Å². The van der Waals surface area contributed by atoms with E-state index in [0.717, 1.165) is 45.7 Å². The van der Waals surface area contributed by atoms with Crippen LogP contribution < -0.4 is 14.5 Å². The Labute approximate surface area is 165 Å². The minimum Gasteiger partial charge on any atom is -0.486 e. The van der Waals surface area contributed by atoms with Gasteiger partial charge in [-0.1, -0.05) is 0 Å². The monoisotopic (exact) mass is 379 g/mol. The Morgan fingerprint density at radius 1 is 0.964 bits per heavy atom. The van der Waals surface area contributed by atoms with Gasteiger partial charge in [-0.3, -0.25) is 9.99 Å². The number of benzene rings is 1. The average Bonchev–Trinajstić information content (AvgIpc) is 3.04. The molecule has 146 valence electrons. The molecule has 0 amide bonds. The summed E-state index contributed by atoms with van der Waals surface area (Å²) in [7, 11) is 8.02. The number of hydrogen-bond donors (Lipinski definition) is 0. The molecule has 0 aliphatic carbocycles. The van der Waals surface area contributed by atoms with E-state index in [0.29, 0.717) is 13.2 Å². The number of aromatic nitrogens is 3. The maximum Gasteiger partial charge on any atom is 0.220 e. The van der Waals surface area contributed by atoms with Gasteiger partial charge >= 0.3 is 0 Å². The molecule has 0 saturated carbocycles. The summed E-state index contributed by atoms with van der Waals surface area (Å²) in [5.74, 6) is 2.40. The Morgan fingerprint density at radius 2 is 1.71 bits per heavy atom. The summed E-state index contributed by atoms with van der Waals surface area (Å²) in [6, 6.07) is 10.1. The Morgan fingerprint density at radius 3 is 2.43 bits per heavy atom. The first-order valence-electron chi connectivity index (χ1n) is 9.26. The number of rotatable bonds is 4. The van der Waals surface area contributed by atoms with E-state index in [1.807, 2.05) is 69.5 Å². The Kier molecular flexibility index (Phi) is 4.68. The van der Waals surface area contributed by atoms with Crippen LogP contribution in [0.3, 0.4) is 0 Å². The molecule has 2 aromatic heterocycles. The first-order chi connectivity index (χ1) is 13.5. The van der Waals surface area contributed by atoms with Gasteiger partial charge < -0.3 is 14.0 Å². The molecule has 7 nitrogen and oxygen atoms in total. The highest BCUT2D eigenvalue weighted by atomic mass is 16.6. The van der Waals surface area contributed by atoms with Gasteiger partial charge in [0.2, 0.25) is 5.95 Å². The molecule has 0 spiro atoms. The van der Waals surface area contributed by atoms with Crippen LogP contribution in [0.5, 0.6) is 11.5 Å². The maximum atomic E-state index is 5.80. The van der Waals surface area contributed by atoms with Crippen LogP contribution in [-0.4, -0.2) is 53.9 Å². The van der Waals surface area contributed by atoms with E-state index in [-0.39, 0.29) is 0 Å². The highest BCUT2D eigenvalue weighted by Crippen LogP contribution is 2.39. The van der Waals surface area contributed by atoms with E-state index in [1.165, 1.54) is 0 Å². The smallest absolute Gasteiger partial charge is 0.220 e. The Hall–Kier alpha value is -3.06. The summed E-state index contributed by atoms with van der Waals surface area (Å²) in [5.41, 5.74) is 4.95. The van der Waals surface area contributed by atoms with Crippen molar-refractivity contribution in [1.29, 1.82) is 0 Å². The fourth-order valence-corrected chi connectivity index (χ4v) is 3.37. The van der Waals surface area contributed by atoms with E-state index < -0.39 is 0 Å². The first kappa shape index (κ1) is 18.3. The fourth-order valence-electron chi connectivity index (χ4n) is 3.37. The van der Waals surface area contributed by atoms with Crippen LogP contribution in [0.25, 0.3) is 22.5 Å². The number of imidazole rings is 1. The van der Waals surface area contributed by atoms with Crippen LogP contribution in [0, 0.1) is 6.92 Å². The summed E-state index contributed by atoms with van der Waals surface area (Å²) in [4.78, 5) is 9.31. The normalized spacial score (nSPS) is 13.1. The van der Waals surface area contributed by atoms with Crippen LogP contribution in [0.4, 0.5) is 5.95 Å². The lowest BCUT2D eigenvalue weighted by Crippen LogP contribution is -2.34. The summed E-state index contributed by atoms with van der Waals surface area (Å²) >= 11 is 0. The molecule has 4 rings (SSSR count). The van der Waals surface area contributed by atoms with Gasteiger partial charge in [-0.2, -0.15) is 0 Å². The van der Waals surface area contributed by atoms with Crippen LogP contribution in [-0.2, 0) is 7.05 Å². The van der Waals surface area contributed by atoms with Crippen molar-refractivity contribution in [3.05, 3.63) is 42.2 Å². The summed E-state index contributed by atoms with van der Waals surface area (Å²) in [6.07, 6.45) is 1.82. The van der Waals surface area contributed by atoms with Crippen molar-refractivity contribution in [2.24, 2.45) is 7.05 Å². The number of aryl methyl sites for hydroxylation is 1. The molecule has 0 radical (unpaired) electrons. The molecule has 7 heteroatoms. The zero-order valence-corrected chi connectivity index (χ0v) is 16.9. The van der Waals surface area contributed by atoms with Gasteiger partial charge in [0.25, 0.3) is 0 Å². The largest absolute Gasteiger partial charge is 0.486 e. The standard InChI is InChI=1S/C21H25N5O2/c1-14-12-15(8-9-22-14)19-20(25(4)21(23-19)26(5)24(2)3)16-6-7-17-18(13-16)28-11-10-27-17/h6-9,12-13H,10-11H2,1-5H3. The lowest BCUT2D eigenvalue weighted by Gasteiger charge is -2.25. The number of nitrogens with zero attached hydrogens (tertiary/aromatic N) is 5. The SMILES string of the molecule is Cc1cc(-c2nc(N(C)N(C)C)n(C)c2-c2ccc3c(c2)OCCO3)ccn1. The minimum atomic E-state index is 0.562. The highest BCUT2D eigenvalue weighted by molar-refractivity contribution is 5.82. The van der Waals surface area contributed by atoms with Gasteiger partial charge in [0.15, 0.2) is 11.5 Å². The molecule has 0 atom stereocenters. The second-order valence-corrected chi connectivity index (χ2v) is 7.08. The summed E-state index contributed by atoms with van der Waals surface area (Å²) in [6.45, 7) is 3.13. The third-order valence-electron chi connectivity index (χ3n) is 4.95. The zero-order valence-electron chi connectivity index (χ0n) is 16.9. The van der Waals surface area contributed by atoms with Gasteiger partial charge in [0.1, 0.15) is 13.2 Å². The van der Waals surface area contributed by atoms with Gasteiger partial charge in [-0.25, -0.2) is 9.99 Å². The topological polar surface area (TPSA) is 55.7 Å². The molecule has 28 heavy (non-hydrogen) atoms.